The quantitative estimate of drug-likeness (QED) is 0.489. The average molecular weight is 555 g/mol. The number of Topliss-reactive ketones (excluding diaryl/α,β-unsaturated/α-hetero) is 1. The van der Waals surface area contributed by atoms with Crippen molar-refractivity contribution in [3.63, 3.8) is 0 Å². The molecule has 3 aliphatic rings. The Balaban J connectivity index is 1.39. The Hall–Kier alpha value is -2.49. The maximum atomic E-state index is 13.5. The number of nitrogens with zero attached hydrogens (tertiary/aromatic N) is 4. The Bertz CT molecular complexity index is 1180. The van der Waals surface area contributed by atoms with Crippen LogP contribution in [0.25, 0.3) is 0 Å². The second-order valence-electron chi connectivity index (χ2n) is 10.4. The molecule has 0 bridgehead atoms. The van der Waals surface area contributed by atoms with Gasteiger partial charge in [0.25, 0.3) is 10.2 Å². The van der Waals surface area contributed by atoms with Gasteiger partial charge in [0.15, 0.2) is 5.78 Å². The Morgan fingerprint density at radius 2 is 1.71 bits per heavy atom. The lowest BCUT2D eigenvalue weighted by Gasteiger charge is -2.41. The van der Waals surface area contributed by atoms with E-state index in [-0.39, 0.29) is 49.6 Å². The maximum absolute atomic E-state index is 13.5. The van der Waals surface area contributed by atoms with Crippen LogP contribution in [0.1, 0.15) is 62.5 Å². The molecule has 4 rings (SSSR count). The fraction of sp³-hybridized carbons (Fsp3) is 0.654. The summed E-state index contributed by atoms with van der Waals surface area (Å²) in [4.78, 5) is 28.4. The summed E-state index contributed by atoms with van der Waals surface area (Å²) in [7, 11) is -3.74. The monoisotopic (exact) mass is 554 g/mol. The first kappa shape index (κ1) is 28.5. The van der Waals surface area contributed by atoms with E-state index < -0.39 is 33.9 Å². The molecule has 0 radical (unpaired) electrons. The summed E-state index contributed by atoms with van der Waals surface area (Å²) < 4.78 is 67.3. The summed E-state index contributed by atoms with van der Waals surface area (Å²) in [6.45, 7) is 2.98. The van der Waals surface area contributed by atoms with Crippen LogP contribution in [0.15, 0.2) is 24.3 Å². The van der Waals surface area contributed by atoms with E-state index in [1.54, 1.807) is 4.90 Å². The smallest absolute Gasteiger partial charge is 0.332 e. The van der Waals surface area contributed by atoms with E-state index in [1.807, 2.05) is 6.92 Å². The number of alkyl halides is 3. The molecule has 3 fully saturated rings. The molecule has 3 atom stereocenters. The molecule has 12 heteroatoms. The molecule has 38 heavy (non-hydrogen) atoms. The van der Waals surface area contributed by atoms with Crippen molar-refractivity contribution in [1.82, 2.24) is 13.5 Å². The number of nitriles is 1. The van der Waals surface area contributed by atoms with Crippen LogP contribution in [0.2, 0.25) is 0 Å². The van der Waals surface area contributed by atoms with Gasteiger partial charge in [0.1, 0.15) is 0 Å². The van der Waals surface area contributed by atoms with Crippen LogP contribution in [-0.2, 0) is 26.0 Å². The Kier molecular flexibility index (Phi) is 8.49. The van der Waals surface area contributed by atoms with Gasteiger partial charge in [-0.1, -0.05) is 19.1 Å². The van der Waals surface area contributed by atoms with Crippen molar-refractivity contribution in [1.29, 1.82) is 5.26 Å². The molecular weight excluding hydrogens is 521 g/mol. The van der Waals surface area contributed by atoms with E-state index in [0.717, 1.165) is 12.1 Å². The number of carbonyl (C=O) groups excluding carboxylic acids is 2. The minimum atomic E-state index is -4.43. The maximum Gasteiger partial charge on any atom is 0.416 e. The minimum absolute atomic E-state index is 0.0510. The van der Waals surface area contributed by atoms with Gasteiger partial charge in [0.05, 0.1) is 29.5 Å². The van der Waals surface area contributed by atoms with Crippen LogP contribution in [0.4, 0.5) is 13.2 Å². The molecular formula is C26H33F3N4O4S. The van der Waals surface area contributed by atoms with Crippen molar-refractivity contribution >= 4 is 21.9 Å². The van der Waals surface area contributed by atoms with Crippen molar-refractivity contribution in [2.45, 2.75) is 63.6 Å². The number of rotatable bonds is 8. The highest BCUT2D eigenvalue weighted by molar-refractivity contribution is 7.86. The van der Waals surface area contributed by atoms with Gasteiger partial charge in [-0.25, -0.2) is 0 Å². The summed E-state index contributed by atoms with van der Waals surface area (Å²) in [5.41, 5.74) is -0.0833. The molecule has 0 aliphatic carbocycles. The normalized spacial score (nSPS) is 24.6. The number of hydrogen-bond acceptors (Lipinski definition) is 5. The third-order valence-corrected chi connectivity index (χ3v) is 9.91. The van der Waals surface area contributed by atoms with Gasteiger partial charge in [-0.15, -0.1) is 0 Å². The van der Waals surface area contributed by atoms with Crippen LogP contribution >= 0.6 is 0 Å². The van der Waals surface area contributed by atoms with Crippen molar-refractivity contribution in [3.8, 4) is 6.07 Å². The van der Waals surface area contributed by atoms with Crippen LogP contribution in [0.5, 0.6) is 0 Å². The molecule has 3 saturated heterocycles. The van der Waals surface area contributed by atoms with E-state index in [0.29, 0.717) is 50.8 Å². The molecule has 0 saturated carbocycles. The number of amides is 1. The highest BCUT2D eigenvalue weighted by atomic mass is 32.2. The lowest BCUT2D eigenvalue weighted by atomic mass is 9.88. The van der Waals surface area contributed by atoms with Crippen molar-refractivity contribution in [3.05, 3.63) is 35.4 Å². The van der Waals surface area contributed by atoms with E-state index in [1.165, 1.54) is 20.7 Å². The van der Waals surface area contributed by atoms with Gasteiger partial charge in [0, 0.05) is 39.1 Å². The molecule has 8 nitrogen and oxygen atoms in total. The lowest BCUT2D eigenvalue weighted by molar-refractivity contribution is -0.142. The summed E-state index contributed by atoms with van der Waals surface area (Å²) >= 11 is 0. The van der Waals surface area contributed by atoms with Gasteiger partial charge < -0.3 is 4.90 Å². The minimum Gasteiger partial charge on any atom is -0.332 e. The van der Waals surface area contributed by atoms with E-state index >= 15 is 0 Å². The Labute approximate surface area is 221 Å². The van der Waals surface area contributed by atoms with Crippen LogP contribution < -0.4 is 0 Å². The summed E-state index contributed by atoms with van der Waals surface area (Å²) in [5, 5.41) is 8.96. The van der Waals surface area contributed by atoms with Gasteiger partial charge in [-0.2, -0.15) is 35.5 Å². The molecule has 1 amide bonds. The Morgan fingerprint density at radius 1 is 1.05 bits per heavy atom. The standard InChI is InChI=1S/C26H33F3N4O4S/c1-2-19(20-7-9-22(10-8-20)26(27,28)29)13-24(34)23-6-4-12-33(23)25(35)21-5-3-11-31(17-21)38(36,37)32-15-18(14-30)16-32/h7-10,18-19,21,23H,2-6,11-13,15-17H2,1H3/t19-,21-,23+/m0/s1. The van der Waals surface area contributed by atoms with Gasteiger partial charge in [0.2, 0.25) is 5.91 Å². The number of carbonyl (C=O) groups is 2. The summed E-state index contributed by atoms with van der Waals surface area (Å²) in [6.07, 6.45) is -1.49. The Morgan fingerprint density at radius 3 is 2.32 bits per heavy atom. The molecule has 1 aromatic rings. The van der Waals surface area contributed by atoms with E-state index in [2.05, 4.69) is 6.07 Å². The molecule has 0 aromatic heterocycles. The molecule has 0 N–H and O–H groups in total. The first-order valence-corrected chi connectivity index (χ1v) is 14.5. The fourth-order valence-electron chi connectivity index (χ4n) is 5.65. The van der Waals surface area contributed by atoms with E-state index in [4.69, 9.17) is 5.26 Å². The zero-order chi connectivity index (χ0) is 27.7. The van der Waals surface area contributed by atoms with Crippen LogP contribution in [0, 0.1) is 23.2 Å². The highest BCUT2D eigenvalue weighted by Gasteiger charge is 2.44. The summed E-state index contributed by atoms with van der Waals surface area (Å²) in [5.74, 6) is -1.45. The molecule has 0 unspecified atom stereocenters. The van der Waals surface area contributed by atoms with Gasteiger partial charge in [-0.3, -0.25) is 9.59 Å². The topological polar surface area (TPSA) is 102 Å². The average Bonchev–Trinajstić information content (AvgIpc) is 3.36. The third-order valence-electron chi connectivity index (χ3n) is 7.97. The number of likely N-dealkylation sites (tertiary alicyclic amines) is 1. The third kappa shape index (κ3) is 5.90. The predicted molar refractivity (Wildman–Crippen MR) is 133 cm³/mol. The molecule has 1 aromatic carbocycles. The fourth-order valence-corrected chi connectivity index (χ4v) is 7.44. The number of piperidine rings is 1. The number of halogens is 3. The number of hydrogen-bond donors (Lipinski definition) is 0. The van der Waals surface area contributed by atoms with Crippen LogP contribution in [0.3, 0.4) is 0 Å². The van der Waals surface area contributed by atoms with Gasteiger partial charge >= 0.3 is 6.18 Å². The SMILES string of the molecule is CC[C@@H](CC(=O)[C@H]1CCCN1C(=O)[C@H]1CCCN(S(=O)(=O)N2CC(C#N)C2)C1)c1ccc(C(F)(F)F)cc1. The molecule has 3 heterocycles. The predicted octanol–water partition coefficient (Wildman–Crippen LogP) is 3.56. The molecule has 3 aliphatic heterocycles. The second kappa shape index (κ2) is 11.3. The first-order chi connectivity index (χ1) is 18.0. The zero-order valence-corrected chi connectivity index (χ0v) is 22.2. The second-order valence-corrected chi connectivity index (χ2v) is 12.4. The zero-order valence-electron chi connectivity index (χ0n) is 21.4. The number of benzene rings is 1. The van der Waals surface area contributed by atoms with Crippen molar-refractivity contribution < 1.29 is 31.2 Å². The van der Waals surface area contributed by atoms with Crippen molar-refractivity contribution in [2.75, 3.05) is 32.7 Å². The summed E-state index contributed by atoms with van der Waals surface area (Å²) in [6, 6.07) is 6.33. The highest BCUT2D eigenvalue weighted by Crippen LogP contribution is 2.34. The first-order valence-electron chi connectivity index (χ1n) is 13.1. The largest absolute Gasteiger partial charge is 0.416 e. The lowest BCUT2D eigenvalue weighted by Crippen LogP contribution is -2.57. The molecule has 0 spiro atoms. The van der Waals surface area contributed by atoms with Crippen LogP contribution in [-0.4, -0.2) is 72.4 Å². The van der Waals surface area contributed by atoms with Gasteiger partial charge in [-0.05, 0) is 55.7 Å². The van der Waals surface area contributed by atoms with E-state index in [9.17, 15) is 31.2 Å². The molecule has 208 valence electrons. The number of ketones is 1. The van der Waals surface area contributed by atoms with Crippen molar-refractivity contribution in [2.24, 2.45) is 11.8 Å².